The van der Waals surface area contributed by atoms with Gasteiger partial charge < -0.3 is 20.2 Å². The van der Waals surface area contributed by atoms with Gasteiger partial charge in [-0.15, -0.1) is 0 Å². The number of carbonyl (C=O) groups excluding carboxylic acids is 2. The quantitative estimate of drug-likeness (QED) is 0.136. The van der Waals surface area contributed by atoms with Crippen molar-refractivity contribution in [1.29, 1.82) is 0 Å². The van der Waals surface area contributed by atoms with Gasteiger partial charge in [0.2, 0.25) is 11.8 Å². The lowest BCUT2D eigenvalue weighted by Crippen LogP contribution is -2.45. The predicted octanol–water partition coefficient (Wildman–Crippen LogP) is 8.39. The molecule has 1 aliphatic heterocycles. The molecule has 8 nitrogen and oxygen atoms in total. The number of hydrogen-bond acceptors (Lipinski definition) is 4. The van der Waals surface area contributed by atoms with Gasteiger partial charge in [-0.05, 0) is 97.4 Å². The largest absolute Gasteiger partial charge is 0.348 e. The van der Waals surface area contributed by atoms with Crippen molar-refractivity contribution in [2.45, 2.75) is 73.9 Å². The molecule has 8 heteroatoms. The smallest absolute Gasteiger partial charge is 0.234 e. The first kappa shape index (κ1) is 32.8. The third-order valence-electron chi connectivity index (χ3n) is 14.0. The first-order chi connectivity index (χ1) is 27.9. The summed E-state index contributed by atoms with van der Waals surface area (Å²) in [5.74, 6) is 8.68. The number of H-pyrrole nitrogens is 2. The van der Waals surface area contributed by atoms with Crippen LogP contribution in [0.3, 0.4) is 0 Å². The molecule has 5 aliphatic rings. The zero-order valence-electron chi connectivity index (χ0n) is 31.4. The fourth-order valence-electron chi connectivity index (χ4n) is 10.2. The van der Waals surface area contributed by atoms with E-state index in [2.05, 4.69) is 86.6 Å². The van der Waals surface area contributed by atoms with E-state index in [0.29, 0.717) is 17.9 Å². The van der Waals surface area contributed by atoms with Crippen molar-refractivity contribution in [3.05, 3.63) is 155 Å². The minimum atomic E-state index is -0.410. The highest BCUT2D eigenvalue weighted by molar-refractivity contribution is 6.04. The van der Waals surface area contributed by atoms with Crippen LogP contribution in [-0.2, 0) is 27.0 Å². The molecule has 1 saturated heterocycles. The summed E-state index contributed by atoms with van der Waals surface area (Å²) in [6, 6.07) is 39.0. The predicted molar refractivity (Wildman–Crippen MR) is 219 cm³/mol. The van der Waals surface area contributed by atoms with Crippen LogP contribution in [0.2, 0.25) is 0 Å². The second kappa shape index (κ2) is 11.5. The van der Waals surface area contributed by atoms with Crippen LogP contribution in [0.25, 0.3) is 33.1 Å². The highest BCUT2D eigenvalue weighted by atomic mass is 16.2. The molecule has 12 rings (SSSR count). The number of likely N-dealkylation sites (tertiary alicyclic amines) is 1. The highest BCUT2D eigenvalue weighted by Gasteiger charge is 2.91. The third kappa shape index (κ3) is 4.94. The molecular weight excluding hydrogens is 705 g/mol. The molecule has 5 aromatic carbocycles. The Hall–Kier alpha value is -6.46. The van der Waals surface area contributed by atoms with E-state index < -0.39 is 5.41 Å². The number of amides is 2. The maximum Gasteiger partial charge on any atom is 0.234 e. The molecule has 0 bridgehead atoms. The second-order valence-corrected chi connectivity index (χ2v) is 17.2. The monoisotopic (exact) mass is 744 g/mol. The standard InChI is InChI=1S/C49H40N6O2/c56-44(47(21-22-47)35-7-3-1-4-8-35)51-28-41-52-38-20-18-34-25-32(15-19-37(34)42(38)54-41)12-11-31-13-16-33(17-14-31)39-27-50-43(53-39)40-26-46-29-49(46,30-46)55(40)45(57)48(23-24-48)36-9-5-2-6-10-36/h1-10,13-20,25,27,40H,21-24,26,28-30H2,(H,50,53)(H,51,56)(H,52,54)/t40-,46?,49?/m0/s1. The lowest BCUT2D eigenvalue weighted by molar-refractivity contribution is -0.138. The number of piperidine rings is 2. The number of aromatic nitrogens is 4. The summed E-state index contributed by atoms with van der Waals surface area (Å²) in [6.07, 6.45) is 8.81. The fraction of sp³-hybridized carbons (Fsp3) is 0.265. The third-order valence-corrected chi connectivity index (χ3v) is 14.0. The minimum Gasteiger partial charge on any atom is -0.348 e. The summed E-state index contributed by atoms with van der Waals surface area (Å²) in [6.45, 7) is 0.352. The summed E-state index contributed by atoms with van der Waals surface area (Å²) >= 11 is 0. The van der Waals surface area contributed by atoms with Gasteiger partial charge >= 0.3 is 0 Å². The Morgan fingerprint density at radius 3 is 2.18 bits per heavy atom. The Morgan fingerprint density at radius 2 is 1.46 bits per heavy atom. The highest BCUT2D eigenvalue weighted by Crippen LogP contribution is 2.89. The van der Waals surface area contributed by atoms with Crippen LogP contribution < -0.4 is 5.32 Å². The maximum atomic E-state index is 14.3. The summed E-state index contributed by atoms with van der Waals surface area (Å²) in [4.78, 5) is 46.5. The number of hydrogen-bond donors (Lipinski definition) is 3. The molecule has 0 unspecified atom stereocenters. The van der Waals surface area contributed by atoms with Crippen LogP contribution in [0.15, 0.2) is 121 Å². The molecule has 4 aliphatic carbocycles. The van der Waals surface area contributed by atoms with Crippen LogP contribution in [0.5, 0.6) is 0 Å². The van der Waals surface area contributed by atoms with E-state index >= 15 is 0 Å². The summed E-state index contributed by atoms with van der Waals surface area (Å²) < 4.78 is 0. The van der Waals surface area contributed by atoms with Gasteiger partial charge in [0.1, 0.15) is 11.6 Å². The minimum absolute atomic E-state index is 0.000851. The van der Waals surface area contributed by atoms with Crippen molar-refractivity contribution >= 4 is 33.6 Å². The van der Waals surface area contributed by atoms with Gasteiger partial charge in [0.05, 0.1) is 51.9 Å². The molecule has 3 N–H and O–H groups in total. The average molecular weight is 745 g/mol. The maximum absolute atomic E-state index is 14.3. The summed E-state index contributed by atoms with van der Waals surface area (Å²) in [5, 5.41) is 5.23. The van der Waals surface area contributed by atoms with E-state index in [9.17, 15) is 9.59 Å². The van der Waals surface area contributed by atoms with Crippen LogP contribution in [0.4, 0.5) is 0 Å². The van der Waals surface area contributed by atoms with E-state index in [0.717, 1.165) is 112 Å². The lowest BCUT2D eigenvalue weighted by atomic mass is 9.91. The Kier molecular flexibility index (Phi) is 6.63. The molecule has 1 atom stereocenters. The molecule has 4 saturated carbocycles. The van der Waals surface area contributed by atoms with Crippen LogP contribution in [0.1, 0.15) is 84.9 Å². The number of benzene rings is 5. The van der Waals surface area contributed by atoms with Crippen molar-refractivity contribution in [1.82, 2.24) is 30.2 Å². The number of rotatable bonds is 8. The molecule has 2 aromatic heterocycles. The van der Waals surface area contributed by atoms with Gasteiger partial charge in [-0.1, -0.05) is 96.8 Å². The van der Waals surface area contributed by atoms with E-state index in [1.165, 1.54) is 0 Å². The molecule has 7 aromatic rings. The average Bonchev–Trinajstić information content (AvgIpc) is 4.22. The zero-order valence-corrected chi connectivity index (χ0v) is 31.4. The lowest BCUT2D eigenvalue weighted by Gasteiger charge is -2.36. The Labute approximate surface area is 330 Å². The molecule has 3 heterocycles. The van der Waals surface area contributed by atoms with Gasteiger partial charge in [0.25, 0.3) is 0 Å². The van der Waals surface area contributed by atoms with Crippen molar-refractivity contribution in [2.24, 2.45) is 5.41 Å². The second-order valence-electron chi connectivity index (χ2n) is 17.2. The number of nitrogens with zero attached hydrogens (tertiary/aromatic N) is 3. The fourth-order valence-corrected chi connectivity index (χ4v) is 10.2. The number of nitrogens with one attached hydrogen (secondary N) is 3. The number of imidazole rings is 2. The van der Waals surface area contributed by atoms with E-state index in [-0.39, 0.29) is 22.9 Å². The molecule has 5 fully saturated rings. The molecule has 57 heavy (non-hydrogen) atoms. The van der Waals surface area contributed by atoms with E-state index in [1.54, 1.807) is 0 Å². The van der Waals surface area contributed by atoms with E-state index in [4.69, 9.17) is 9.97 Å². The first-order valence-corrected chi connectivity index (χ1v) is 20.2. The van der Waals surface area contributed by atoms with Crippen LogP contribution in [-0.4, -0.2) is 42.2 Å². The Morgan fingerprint density at radius 1 is 0.772 bits per heavy atom. The van der Waals surface area contributed by atoms with Crippen LogP contribution in [0, 0.1) is 17.3 Å². The number of fused-ring (bicyclic) bond motifs is 3. The van der Waals surface area contributed by atoms with Gasteiger partial charge in [0.15, 0.2) is 0 Å². The van der Waals surface area contributed by atoms with Crippen molar-refractivity contribution < 1.29 is 9.59 Å². The first-order valence-electron chi connectivity index (χ1n) is 20.2. The summed E-state index contributed by atoms with van der Waals surface area (Å²) in [5.41, 5.74) is 7.51. The van der Waals surface area contributed by atoms with Gasteiger partial charge in [-0.3, -0.25) is 9.59 Å². The Balaban J connectivity index is 0.732. The molecular formula is C49H40N6O2. The Bertz CT molecular complexity index is 2850. The molecule has 278 valence electrons. The van der Waals surface area contributed by atoms with Crippen LogP contribution >= 0.6 is 0 Å². The normalized spacial score (nSPS) is 23.9. The number of aromatic amines is 2. The summed E-state index contributed by atoms with van der Waals surface area (Å²) in [7, 11) is 0. The SMILES string of the molecule is O=C(NCc1nc2c(ccc3cc(C#Cc4ccc(-c5cnc([C@@H]6CC78CC7(C8)N6C(=O)C6(c7ccccc7)CC6)[nH]5)cc4)ccc32)[nH]1)C1(c2ccccc2)CC1. The molecule has 0 radical (unpaired) electrons. The number of carbonyl (C=O) groups is 2. The zero-order chi connectivity index (χ0) is 38.0. The van der Waals surface area contributed by atoms with Crippen molar-refractivity contribution in [3.8, 4) is 23.1 Å². The van der Waals surface area contributed by atoms with Gasteiger partial charge in [-0.25, -0.2) is 9.97 Å². The van der Waals surface area contributed by atoms with Crippen molar-refractivity contribution in [3.63, 3.8) is 0 Å². The topological polar surface area (TPSA) is 107 Å². The van der Waals surface area contributed by atoms with Gasteiger partial charge in [0, 0.05) is 21.9 Å². The van der Waals surface area contributed by atoms with Crippen molar-refractivity contribution in [2.75, 3.05) is 0 Å². The van der Waals surface area contributed by atoms with E-state index in [1.807, 2.05) is 66.9 Å². The molecule has 0 spiro atoms. The van der Waals surface area contributed by atoms with Gasteiger partial charge in [-0.2, -0.15) is 0 Å². The molecule has 2 amide bonds.